The summed E-state index contributed by atoms with van der Waals surface area (Å²) < 4.78 is 1.42. The van der Waals surface area contributed by atoms with E-state index < -0.39 is 11.0 Å². The van der Waals surface area contributed by atoms with Gasteiger partial charge in [0.25, 0.3) is 0 Å². The molecule has 0 amide bonds. The number of nitrogens with zero attached hydrogens (tertiary/aromatic N) is 3. The Morgan fingerprint density at radius 3 is 2.45 bits per heavy atom. The van der Waals surface area contributed by atoms with E-state index in [0.29, 0.717) is 5.82 Å². The van der Waals surface area contributed by atoms with Crippen LogP contribution in [0.1, 0.15) is 28.6 Å². The van der Waals surface area contributed by atoms with Gasteiger partial charge in [0.15, 0.2) is 5.82 Å². The number of aromatic nitrogens is 2. The summed E-state index contributed by atoms with van der Waals surface area (Å²) in [6.45, 7) is 5.70. The number of benzene rings is 1. The number of aliphatic hydroxyl groups is 1. The van der Waals surface area contributed by atoms with Gasteiger partial charge in [0.05, 0.1) is 0 Å². The monoisotopic (exact) mass is 275 g/mol. The molecule has 0 aliphatic heterocycles. The molecule has 0 spiro atoms. The van der Waals surface area contributed by atoms with E-state index in [4.69, 9.17) is 0 Å². The summed E-state index contributed by atoms with van der Waals surface area (Å²) >= 11 is 0. The fourth-order valence-corrected chi connectivity index (χ4v) is 2.31. The molecule has 1 aromatic heterocycles. The first kappa shape index (κ1) is 14.2. The maximum absolute atomic E-state index is 10.9. The average molecular weight is 275 g/mol. The van der Waals surface area contributed by atoms with Crippen LogP contribution in [0.5, 0.6) is 0 Å². The van der Waals surface area contributed by atoms with Gasteiger partial charge >= 0.3 is 5.82 Å². The molecule has 0 radical (unpaired) electrons. The molecule has 2 aromatic rings. The molecule has 1 aromatic carbocycles. The van der Waals surface area contributed by atoms with Crippen molar-refractivity contribution in [3.05, 3.63) is 57.0 Å². The second kappa shape index (κ2) is 5.42. The van der Waals surface area contributed by atoms with Crippen LogP contribution < -0.4 is 0 Å². The van der Waals surface area contributed by atoms with E-state index in [1.165, 1.54) is 10.8 Å². The molecule has 6 nitrogen and oxygen atoms in total. The zero-order valence-electron chi connectivity index (χ0n) is 11.7. The first-order valence-corrected chi connectivity index (χ1v) is 6.31. The lowest BCUT2D eigenvalue weighted by molar-refractivity contribution is -0.392. The van der Waals surface area contributed by atoms with E-state index >= 15 is 0 Å². The first-order chi connectivity index (χ1) is 9.38. The molecular formula is C14H17N3O3. The quantitative estimate of drug-likeness (QED) is 0.686. The summed E-state index contributed by atoms with van der Waals surface area (Å²) in [7, 11) is 0. The van der Waals surface area contributed by atoms with Gasteiger partial charge in [-0.25, -0.2) is 9.55 Å². The van der Waals surface area contributed by atoms with Crippen molar-refractivity contribution in [2.24, 2.45) is 0 Å². The van der Waals surface area contributed by atoms with Crippen molar-refractivity contribution in [1.29, 1.82) is 0 Å². The second-order valence-corrected chi connectivity index (χ2v) is 4.97. The van der Waals surface area contributed by atoms with Crippen LogP contribution in [0.3, 0.4) is 0 Å². The van der Waals surface area contributed by atoms with Gasteiger partial charge in [-0.3, -0.25) is 0 Å². The van der Waals surface area contributed by atoms with Gasteiger partial charge in [-0.1, -0.05) is 29.3 Å². The molecule has 0 aliphatic rings. The molecule has 0 aliphatic carbocycles. The minimum atomic E-state index is -0.805. The van der Waals surface area contributed by atoms with Crippen molar-refractivity contribution < 1.29 is 10.0 Å². The number of hydrogen-bond donors (Lipinski definition) is 1. The number of nitro groups is 1. The Hall–Kier alpha value is -2.21. The Bertz CT molecular complexity index is 629. The lowest BCUT2D eigenvalue weighted by atomic mass is 10.0. The molecule has 1 atom stereocenters. The average Bonchev–Trinajstić information content (AvgIpc) is 2.70. The van der Waals surface area contributed by atoms with Crippen LogP contribution in [0, 0.1) is 30.9 Å². The van der Waals surface area contributed by atoms with E-state index in [0.717, 1.165) is 16.7 Å². The van der Waals surface area contributed by atoms with E-state index in [9.17, 15) is 15.2 Å². The summed E-state index contributed by atoms with van der Waals surface area (Å²) in [5, 5.41) is 21.2. The topological polar surface area (TPSA) is 81.2 Å². The largest absolute Gasteiger partial charge is 0.384 e. The molecule has 2 rings (SSSR count). The summed E-state index contributed by atoms with van der Waals surface area (Å²) in [5.41, 5.74) is 2.86. The van der Waals surface area contributed by atoms with Gasteiger partial charge in [-0.05, 0) is 24.3 Å². The third-order valence-electron chi connectivity index (χ3n) is 3.21. The normalized spacial score (nSPS) is 12.4. The van der Waals surface area contributed by atoms with E-state index in [2.05, 4.69) is 4.98 Å². The Morgan fingerprint density at radius 2 is 1.90 bits per heavy atom. The van der Waals surface area contributed by atoms with Crippen LogP contribution >= 0.6 is 0 Å². The van der Waals surface area contributed by atoms with Crippen molar-refractivity contribution >= 4 is 5.82 Å². The highest BCUT2D eigenvalue weighted by Crippen LogP contribution is 2.22. The minimum absolute atomic E-state index is 0.106. The lowest BCUT2D eigenvalue weighted by Gasteiger charge is -2.12. The van der Waals surface area contributed by atoms with Gasteiger partial charge in [-0.2, -0.15) is 0 Å². The number of aliphatic hydroxyl groups excluding tert-OH is 1. The SMILES string of the molecule is Cc1cc(C)cc(C(O)Cn2c([N+](=O)[O-])cnc2C)c1. The summed E-state index contributed by atoms with van der Waals surface area (Å²) in [6, 6.07) is 5.78. The summed E-state index contributed by atoms with van der Waals surface area (Å²) in [4.78, 5) is 14.4. The third kappa shape index (κ3) is 2.85. The smallest absolute Gasteiger partial charge is 0.342 e. The van der Waals surface area contributed by atoms with Crippen LogP contribution in [-0.2, 0) is 6.54 Å². The van der Waals surface area contributed by atoms with Gasteiger partial charge in [0.1, 0.15) is 18.8 Å². The van der Waals surface area contributed by atoms with Crippen LogP contribution in [-0.4, -0.2) is 19.6 Å². The predicted octanol–water partition coefficient (Wildman–Crippen LogP) is 2.45. The Labute approximate surface area is 116 Å². The fourth-order valence-electron chi connectivity index (χ4n) is 2.31. The molecule has 20 heavy (non-hydrogen) atoms. The van der Waals surface area contributed by atoms with Crippen molar-refractivity contribution in [1.82, 2.24) is 9.55 Å². The number of imidazole rings is 1. The van der Waals surface area contributed by atoms with E-state index in [1.54, 1.807) is 6.92 Å². The number of aryl methyl sites for hydroxylation is 3. The maximum atomic E-state index is 10.9. The third-order valence-corrected chi connectivity index (χ3v) is 3.21. The molecule has 0 saturated heterocycles. The highest BCUT2D eigenvalue weighted by Gasteiger charge is 2.21. The predicted molar refractivity (Wildman–Crippen MR) is 74.5 cm³/mol. The standard InChI is InChI=1S/C14H17N3O3/c1-9-4-10(2)6-12(5-9)13(18)8-16-11(3)15-7-14(16)17(19)20/h4-7,13,18H,8H2,1-3H3. The number of rotatable bonds is 4. The zero-order chi connectivity index (χ0) is 14.9. The van der Waals surface area contributed by atoms with Gasteiger partial charge < -0.3 is 15.2 Å². The molecular weight excluding hydrogens is 258 g/mol. The molecule has 0 saturated carbocycles. The number of hydrogen-bond acceptors (Lipinski definition) is 4. The Morgan fingerprint density at radius 1 is 1.30 bits per heavy atom. The Kier molecular flexibility index (Phi) is 3.85. The summed E-state index contributed by atoms with van der Waals surface area (Å²) in [6.07, 6.45) is 0.406. The van der Waals surface area contributed by atoms with Crippen molar-refractivity contribution in [3.8, 4) is 0 Å². The fraction of sp³-hybridized carbons (Fsp3) is 0.357. The van der Waals surface area contributed by atoms with E-state index in [1.807, 2.05) is 32.0 Å². The maximum Gasteiger partial charge on any atom is 0.342 e. The lowest BCUT2D eigenvalue weighted by Crippen LogP contribution is -2.12. The van der Waals surface area contributed by atoms with Crippen LogP contribution in [0.2, 0.25) is 0 Å². The molecule has 1 heterocycles. The molecule has 0 bridgehead atoms. The Balaban J connectivity index is 2.30. The van der Waals surface area contributed by atoms with Crippen LogP contribution in [0.15, 0.2) is 24.4 Å². The van der Waals surface area contributed by atoms with Crippen molar-refractivity contribution in [2.75, 3.05) is 0 Å². The van der Waals surface area contributed by atoms with E-state index in [-0.39, 0.29) is 12.4 Å². The first-order valence-electron chi connectivity index (χ1n) is 6.31. The summed E-state index contributed by atoms with van der Waals surface area (Å²) in [5.74, 6) is 0.408. The van der Waals surface area contributed by atoms with Crippen molar-refractivity contribution in [2.45, 2.75) is 33.4 Å². The molecule has 6 heteroatoms. The highest BCUT2D eigenvalue weighted by atomic mass is 16.6. The van der Waals surface area contributed by atoms with Gasteiger partial charge in [-0.15, -0.1) is 0 Å². The highest BCUT2D eigenvalue weighted by molar-refractivity contribution is 5.30. The van der Waals surface area contributed by atoms with Gasteiger partial charge in [0.2, 0.25) is 0 Å². The second-order valence-electron chi connectivity index (χ2n) is 4.97. The molecule has 1 unspecified atom stereocenters. The minimum Gasteiger partial charge on any atom is -0.384 e. The molecule has 1 N–H and O–H groups in total. The molecule has 106 valence electrons. The van der Waals surface area contributed by atoms with Crippen molar-refractivity contribution in [3.63, 3.8) is 0 Å². The van der Waals surface area contributed by atoms with Crippen LogP contribution in [0.4, 0.5) is 5.82 Å². The zero-order valence-corrected chi connectivity index (χ0v) is 11.7. The van der Waals surface area contributed by atoms with Gasteiger partial charge in [0, 0.05) is 6.92 Å². The molecule has 0 fully saturated rings. The van der Waals surface area contributed by atoms with Crippen LogP contribution in [0.25, 0.3) is 0 Å².